The minimum atomic E-state index is -3.88. The van der Waals surface area contributed by atoms with Crippen molar-refractivity contribution in [1.29, 1.82) is 0 Å². The van der Waals surface area contributed by atoms with Crippen LogP contribution in [0.5, 0.6) is 11.5 Å². The number of carbonyl (C=O) groups excluding carboxylic acids is 1. The maximum Gasteiger partial charge on any atom is 0.262 e. The molecule has 0 unspecified atom stereocenters. The number of nitrogens with one attached hydrogen (secondary N) is 2. The van der Waals surface area contributed by atoms with Crippen molar-refractivity contribution in [1.82, 2.24) is 5.32 Å². The van der Waals surface area contributed by atoms with Crippen molar-refractivity contribution in [3.63, 3.8) is 0 Å². The van der Waals surface area contributed by atoms with E-state index in [9.17, 15) is 13.2 Å². The molecule has 0 aromatic heterocycles. The first-order valence-electron chi connectivity index (χ1n) is 11.8. The zero-order valence-electron chi connectivity index (χ0n) is 19.3. The van der Waals surface area contributed by atoms with Crippen LogP contribution < -0.4 is 19.5 Å². The number of anilines is 1. The second kappa shape index (κ2) is 9.62. The predicted molar refractivity (Wildman–Crippen MR) is 134 cm³/mol. The summed E-state index contributed by atoms with van der Waals surface area (Å²) in [6, 6.07) is 21.3. The minimum absolute atomic E-state index is 0.0345. The van der Waals surface area contributed by atoms with Crippen LogP contribution in [0, 0.1) is 0 Å². The highest BCUT2D eigenvalue weighted by Gasteiger charge is 2.38. The maximum absolute atomic E-state index is 13.0. The molecular weight excluding hydrogens is 464 g/mol. The summed E-state index contributed by atoms with van der Waals surface area (Å²) < 4.78 is 39.8. The van der Waals surface area contributed by atoms with E-state index < -0.39 is 10.0 Å². The molecule has 1 heterocycles. The van der Waals surface area contributed by atoms with E-state index in [-0.39, 0.29) is 16.2 Å². The molecule has 0 bridgehead atoms. The third-order valence-electron chi connectivity index (χ3n) is 6.69. The van der Waals surface area contributed by atoms with Crippen molar-refractivity contribution < 1.29 is 22.7 Å². The van der Waals surface area contributed by atoms with Crippen molar-refractivity contribution in [2.75, 3.05) is 24.5 Å². The highest BCUT2D eigenvalue weighted by molar-refractivity contribution is 7.92. The van der Waals surface area contributed by atoms with Gasteiger partial charge in [0, 0.05) is 35.7 Å². The number of amides is 1. The molecule has 2 N–H and O–H groups in total. The Bertz CT molecular complexity index is 1320. The summed E-state index contributed by atoms with van der Waals surface area (Å²) in [5.41, 5.74) is 1.91. The molecule has 0 spiro atoms. The van der Waals surface area contributed by atoms with E-state index >= 15 is 0 Å². The molecule has 0 saturated heterocycles. The van der Waals surface area contributed by atoms with Gasteiger partial charge in [-0.3, -0.25) is 9.52 Å². The summed E-state index contributed by atoms with van der Waals surface area (Å²) in [6.45, 7) is 1.54. The molecule has 1 aliphatic heterocycles. The Morgan fingerprint density at radius 1 is 0.857 bits per heavy atom. The van der Waals surface area contributed by atoms with Crippen LogP contribution >= 0.6 is 0 Å². The van der Waals surface area contributed by atoms with E-state index in [4.69, 9.17) is 9.47 Å². The zero-order chi connectivity index (χ0) is 24.3. The third-order valence-corrected chi connectivity index (χ3v) is 8.07. The Morgan fingerprint density at radius 2 is 1.63 bits per heavy atom. The molecule has 182 valence electrons. The fourth-order valence-corrected chi connectivity index (χ4v) is 5.63. The van der Waals surface area contributed by atoms with Gasteiger partial charge in [-0.15, -0.1) is 0 Å². The monoisotopic (exact) mass is 492 g/mol. The molecule has 8 heteroatoms. The van der Waals surface area contributed by atoms with Gasteiger partial charge in [0.15, 0.2) is 11.5 Å². The van der Waals surface area contributed by atoms with Crippen LogP contribution in [0.2, 0.25) is 0 Å². The van der Waals surface area contributed by atoms with Gasteiger partial charge in [-0.1, -0.05) is 42.8 Å². The van der Waals surface area contributed by atoms with Crippen LogP contribution in [-0.4, -0.2) is 34.1 Å². The lowest BCUT2D eigenvalue weighted by Gasteiger charge is -2.42. The standard InChI is InChI=1S/C27H28N2O5S/c30-26(28-19-27(13-5-14-27)21-8-2-1-3-9-21)20-7-4-10-22(17-20)29-35(31,32)23-11-12-24-25(18-23)34-16-6-15-33-24/h1-4,7-12,17-18,29H,5-6,13-16,19H2,(H,28,30). The largest absolute Gasteiger partial charge is 0.490 e. The Labute approximate surface area is 205 Å². The van der Waals surface area contributed by atoms with Gasteiger partial charge in [0.05, 0.1) is 18.1 Å². The number of rotatable bonds is 7. The first-order valence-corrected chi connectivity index (χ1v) is 13.3. The normalized spacial score (nSPS) is 16.5. The van der Waals surface area contributed by atoms with Crippen molar-refractivity contribution in [2.24, 2.45) is 0 Å². The molecular formula is C27H28N2O5S. The van der Waals surface area contributed by atoms with Crippen LogP contribution in [0.3, 0.4) is 0 Å². The molecule has 35 heavy (non-hydrogen) atoms. The number of benzene rings is 3. The van der Waals surface area contributed by atoms with E-state index in [0.29, 0.717) is 42.5 Å². The van der Waals surface area contributed by atoms with E-state index in [1.807, 2.05) is 18.2 Å². The van der Waals surface area contributed by atoms with E-state index in [2.05, 4.69) is 22.2 Å². The van der Waals surface area contributed by atoms with Gasteiger partial charge < -0.3 is 14.8 Å². The van der Waals surface area contributed by atoms with Crippen molar-refractivity contribution in [3.05, 3.63) is 83.9 Å². The lowest BCUT2D eigenvalue weighted by Crippen LogP contribution is -2.45. The van der Waals surface area contributed by atoms with Gasteiger partial charge in [-0.25, -0.2) is 8.42 Å². The van der Waals surface area contributed by atoms with Gasteiger partial charge in [0.25, 0.3) is 15.9 Å². The summed E-state index contributed by atoms with van der Waals surface area (Å²) in [4.78, 5) is 13.0. The lowest BCUT2D eigenvalue weighted by atomic mass is 9.64. The van der Waals surface area contributed by atoms with Gasteiger partial charge in [-0.05, 0) is 48.7 Å². The van der Waals surface area contributed by atoms with E-state index in [0.717, 1.165) is 25.7 Å². The number of fused-ring (bicyclic) bond motifs is 1. The van der Waals surface area contributed by atoms with Gasteiger partial charge in [-0.2, -0.15) is 0 Å². The number of hydrogen-bond acceptors (Lipinski definition) is 5. The van der Waals surface area contributed by atoms with Crippen molar-refractivity contribution in [2.45, 2.75) is 36.0 Å². The van der Waals surface area contributed by atoms with Crippen LogP contribution in [-0.2, 0) is 15.4 Å². The molecule has 3 aromatic rings. The predicted octanol–water partition coefficient (Wildman–Crippen LogP) is 4.50. The smallest absolute Gasteiger partial charge is 0.262 e. The fraction of sp³-hybridized carbons (Fsp3) is 0.296. The van der Waals surface area contributed by atoms with Gasteiger partial charge in [0.1, 0.15) is 0 Å². The molecule has 5 rings (SSSR count). The molecule has 1 aliphatic carbocycles. The Kier molecular flexibility index (Phi) is 6.38. The lowest BCUT2D eigenvalue weighted by molar-refractivity contribution is 0.0928. The summed E-state index contributed by atoms with van der Waals surface area (Å²) >= 11 is 0. The summed E-state index contributed by atoms with van der Waals surface area (Å²) in [5, 5.41) is 3.06. The molecule has 2 aliphatic rings. The Morgan fingerprint density at radius 3 is 2.37 bits per heavy atom. The van der Waals surface area contributed by atoms with Crippen LogP contribution in [0.4, 0.5) is 5.69 Å². The number of carbonyl (C=O) groups is 1. The molecule has 0 atom stereocenters. The fourth-order valence-electron chi connectivity index (χ4n) is 4.56. The van der Waals surface area contributed by atoms with Crippen molar-refractivity contribution in [3.8, 4) is 11.5 Å². The zero-order valence-corrected chi connectivity index (χ0v) is 20.1. The molecule has 3 aromatic carbocycles. The molecule has 1 fully saturated rings. The van der Waals surface area contributed by atoms with Crippen molar-refractivity contribution >= 4 is 21.6 Å². The van der Waals surface area contributed by atoms with Crippen LogP contribution in [0.1, 0.15) is 41.6 Å². The highest BCUT2D eigenvalue weighted by atomic mass is 32.2. The molecule has 7 nitrogen and oxygen atoms in total. The van der Waals surface area contributed by atoms with Crippen LogP contribution in [0.25, 0.3) is 0 Å². The van der Waals surface area contributed by atoms with E-state index in [1.165, 1.54) is 17.7 Å². The Balaban J connectivity index is 1.28. The number of hydrogen-bond donors (Lipinski definition) is 2. The minimum Gasteiger partial charge on any atom is -0.490 e. The summed E-state index contributed by atoms with van der Waals surface area (Å²) in [7, 11) is -3.88. The second-order valence-electron chi connectivity index (χ2n) is 9.03. The first-order chi connectivity index (χ1) is 17.0. The van der Waals surface area contributed by atoms with E-state index in [1.54, 1.807) is 30.3 Å². The highest BCUT2D eigenvalue weighted by Crippen LogP contribution is 2.43. The Hall–Kier alpha value is -3.52. The number of ether oxygens (including phenoxy) is 2. The maximum atomic E-state index is 13.0. The van der Waals surface area contributed by atoms with Crippen LogP contribution in [0.15, 0.2) is 77.7 Å². The quantitative estimate of drug-likeness (QED) is 0.507. The van der Waals surface area contributed by atoms with Gasteiger partial charge in [0.2, 0.25) is 0 Å². The second-order valence-corrected chi connectivity index (χ2v) is 10.7. The molecule has 1 saturated carbocycles. The average molecular weight is 493 g/mol. The molecule has 0 radical (unpaired) electrons. The summed E-state index contributed by atoms with van der Waals surface area (Å²) in [6.07, 6.45) is 3.94. The molecule has 1 amide bonds. The first kappa shape index (κ1) is 23.2. The SMILES string of the molecule is O=C(NCC1(c2ccccc2)CCC1)c1cccc(NS(=O)(=O)c2ccc3c(c2)OCCCO3)c1. The summed E-state index contributed by atoms with van der Waals surface area (Å²) in [5.74, 6) is 0.700. The number of sulfonamides is 1. The third kappa shape index (κ3) is 4.98. The van der Waals surface area contributed by atoms with Gasteiger partial charge >= 0.3 is 0 Å². The average Bonchev–Trinajstić information content (AvgIpc) is 3.09. The topological polar surface area (TPSA) is 93.7 Å².